The Kier molecular flexibility index (Phi) is 6.22. The van der Waals surface area contributed by atoms with Crippen molar-refractivity contribution in [3.63, 3.8) is 0 Å². The first kappa shape index (κ1) is 10.7. The van der Waals surface area contributed by atoms with Crippen LogP contribution in [0.25, 0.3) is 0 Å². The Morgan fingerprint density at radius 2 is 1.82 bits per heavy atom. The molecule has 0 amide bonds. The molecule has 1 aromatic carbocycles. The molecule has 0 saturated heterocycles. The van der Waals surface area contributed by atoms with Gasteiger partial charge in [0.05, 0.1) is 0 Å². The van der Waals surface area contributed by atoms with Gasteiger partial charge >= 0.3 is 18.9 Å². The van der Waals surface area contributed by atoms with Gasteiger partial charge < -0.3 is 0 Å². The minimum Gasteiger partial charge on any atom is -0.192 e. The van der Waals surface area contributed by atoms with Gasteiger partial charge in [0.25, 0.3) is 0 Å². The molecular formula is C10H13Li. The fourth-order valence-electron chi connectivity index (χ4n) is 0.900. The van der Waals surface area contributed by atoms with Gasteiger partial charge in [0, 0.05) is 0 Å². The normalized spacial score (nSPS) is 8.45. The predicted molar refractivity (Wildman–Crippen MR) is 44.8 cm³/mol. The molecule has 1 rings (SSSR count). The van der Waals surface area contributed by atoms with Crippen molar-refractivity contribution in [3.8, 4) is 0 Å². The first-order valence-electron chi connectivity index (χ1n) is 3.81. The van der Waals surface area contributed by atoms with E-state index < -0.39 is 0 Å². The van der Waals surface area contributed by atoms with E-state index in [9.17, 15) is 0 Å². The largest absolute Gasteiger partial charge is 1.00 e. The molecule has 0 N–H and O–H groups in total. The Morgan fingerprint density at radius 3 is 2.36 bits per heavy atom. The maximum absolute atomic E-state index is 2.26. The summed E-state index contributed by atoms with van der Waals surface area (Å²) >= 11 is 0. The summed E-state index contributed by atoms with van der Waals surface area (Å²) < 4.78 is 0. The topological polar surface area (TPSA) is 0 Å². The van der Waals surface area contributed by atoms with Gasteiger partial charge in [0.2, 0.25) is 0 Å². The van der Waals surface area contributed by atoms with E-state index in [-0.39, 0.29) is 18.9 Å². The molecule has 0 aliphatic carbocycles. The summed E-state index contributed by atoms with van der Waals surface area (Å²) in [6, 6.07) is 10.5. The summed E-state index contributed by atoms with van der Waals surface area (Å²) in [4.78, 5) is 0. The third-order valence-corrected chi connectivity index (χ3v) is 1.47. The maximum Gasteiger partial charge on any atom is 1.00 e. The second-order valence-corrected chi connectivity index (χ2v) is 2.40. The van der Waals surface area contributed by atoms with Gasteiger partial charge in [0.15, 0.2) is 0 Å². The van der Waals surface area contributed by atoms with Crippen molar-refractivity contribution < 1.29 is 18.9 Å². The molecule has 1 heteroatoms. The van der Waals surface area contributed by atoms with Gasteiger partial charge in [0.1, 0.15) is 0 Å². The quantitative estimate of drug-likeness (QED) is 0.411. The molecule has 0 spiro atoms. The molecule has 0 atom stereocenters. The van der Waals surface area contributed by atoms with Gasteiger partial charge in [-0.15, -0.1) is 12.1 Å². The molecule has 0 fully saturated rings. The van der Waals surface area contributed by atoms with Crippen LogP contribution in [0.2, 0.25) is 0 Å². The van der Waals surface area contributed by atoms with Crippen LogP contribution >= 0.6 is 0 Å². The summed E-state index contributed by atoms with van der Waals surface area (Å²) in [6.45, 7) is 2.19. The van der Waals surface area contributed by atoms with Gasteiger partial charge in [-0.3, -0.25) is 0 Å². The number of hydrogen-bond donors (Lipinski definition) is 0. The third-order valence-electron chi connectivity index (χ3n) is 1.47. The minimum atomic E-state index is 0. The number of unbranched alkanes of at least 4 members (excludes halogenated alkanes) is 1. The van der Waals surface area contributed by atoms with Crippen LogP contribution in [-0.4, -0.2) is 0 Å². The number of hydrogen-bond acceptors (Lipinski definition) is 0. The zero-order valence-corrected chi connectivity index (χ0v) is 7.38. The number of benzene rings is 1. The summed E-state index contributed by atoms with van der Waals surface area (Å²) in [7, 11) is 0. The van der Waals surface area contributed by atoms with Crippen molar-refractivity contribution in [1.29, 1.82) is 0 Å². The van der Waals surface area contributed by atoms with Crippen LogP contribution in [0.4, 0.5) is 0 Å². The summed E-state index contributed by atoms with van der Waals surface area (Å²) in [5.41, 5.74) is 1.34. The van der Waals surface area contributed by atoms with Crippen LogP contribution in [0.15, 0.2) is 30.3 Å². The smallest absolute Gasteiger partial charge is 0.192 e. The van der Waals surface area contributed by atoms with Gasteiger partial charge in [-0.2, -0.15) is 24.1 Å². The fourth-order valence-corrected chi connectivity index (χ4v) is 0.900. The van der Waals surface area contributed by atoms with E-state index in [1.165, 1.54) is 18.4 Å². The molecule has 11 heavy (non-hydrogen) atoms. The standard InChI is InChI=1S/C10H13.Li/c1-2-3-7-10-8-5-4-6-9-10;/h4-9H,2-3H2,1H3;/q-1;+1. The Balaban J connectivity index is 0.000001000. The maximum atomic E-state index is 2.26. The Hall–Kier alpha value is -0.313. The van der Waals surface area contributed by atoms with Crippen molar-refractivity contribution >= 4 is 0 Å². The molecule has 0 heterocycles. The van der Waals surface area contributed by atoms with E-state index in [2.05, 4.69) is 37.6 Å². The second-order valence-electron chi connectivity index (χ2n) is 2.40. The van der Waals surface area contributed by atoms with Crippen LogP contribution in [-0.2, 0) is 0 Å². The molecule has 0 aliphatic rings. The summed E-state index contributed by atoms with van der Waals surface area (Å²) in [5.74, 6) is 0. The molecular weight excluding hydrogens is 127 g/mol. The Bertz CT molecular complexity index is 169. The van der Waals surface area contributed by atoms with Gasteiger partial charge in [-0.05, 0) is 0 Å². The first-order valence-corrected chi connectivity index (χ1v) is 3.81. The molecule has 1 aromatic rings. The average molecular weight is 140 g/mol. The fraction of sp³-hybridized carbons (Fsp3) is 0.300. The third kappa shape index (κ3) is 4.19. The van der Waals surface area contributed by atoms with Crippen molar-refractivity contribution in [3.05, 3.63) is 42.3 Å². The van der Waals surface area contributed by atoms with Crippen LogP contribution in [0, 0.1) is 6.42 Å². The predicted octanol–water partition coefficient (Wildman–Crippen LogP) is 0.0431. The zero-order valence-electron chi connectivity index (χ0n) is 7.38. The Morgan fingerprint density at radius 1 is 1.18 bits per heavy atom. The van der Waals surface area contributed by atoms with Gasteiger partial charge in [-0.1, -0.05) is 25.8 Å². The average Bonchev–Trinajstić information content (AvgIpc) is 2.03. The van der Waals surface area contributed by atoms with Crippen molar-refractivity contribution in [2.45, 2.75) is 19.8 Å². The Labute approximate surface area is 81.2 Å². The van der Waals surface area contributed by atoms with E-state index in [1.54, 1.807) is 0 Å². The van der Waals surface area contributed by atoms with Crippen molar-refractivity contribution in [2.75, 3.05) is 0 Å². The monoisotopic (exact) mass is 140 g/mol. The van der Waals surface area contributed by atoms with Gasteiger partial charge in [-0.25, -0.2) is 0 Å². The van der Waals surface area contributed by atoms with Crippen LogP contribution in [0.1, 0.15) is 25.3 Å². The molecule has 0 radical (unpaired) electrons. The zero-order chi connectivity index (χ0) is 7.23. The number of rotatable bonds is 3. The van der Waals surface area contributed by atoms with E-state index in [4.69, 9.17) is 0 Å². The SMILES string of the molecule is CCC[CH-]c1ccccc1.[Li+]. The van der Waals surface area contributed by atoms with Crippen molar-refractivity contribution in [1.82, 2.24) is 0 Å². The second kappa shape index (κ2) is 6.40. The van der Waals surface area contributed by atoms with Crippen LogP contribution in [0.5, 0.6) is 0 Å². The summed E-state index contributed by atoms with van der Waals surface area (Å²) in [5, 5.41) is 0. The van der Waals surface area contributed by atoms with Crippen molar-refractivity contribution in [2.24, 2.45) is 0 Å². The van der Waals surface area contributed by atoms with E-state index >= 15 is 0 Å². The van der Waals surface area contributed by atoms with E-state index in [0.29, 0.717) is 0 Å². The molecule has 0 nitrogen and oxygen atoms in total. The first-order chi connectivity index (χ1) is 4.93. The molecule has 0 saturated carbocycles. The van der Waals surface area contributed by atoms with E-state index in [0.717, 1.165) is 0 Å². The molecule has 54 valence electrons. The molecule has 0 aliphatic heterocycles. The summed E-state index contributed by atoms with van der Waals surface area (Å²) in [6.07, 6.45) is 4.68. The molecule has 0 bridgehead atoms. The van der Waals surface area contributed by atoms with E-state index in [1.807, 2.05) is 6.07 Å². The molecule has 0 aromatic heterocycles. The van der Waals surface area contributed by atoms with Crippen LogP contribution in [0.3, 0.4) is 0 Å². The molecule has 0 unspecified atom stereocenters. The minimum absolute atomic E-state index is 0. The van der Waals surface area contributed by atoms with Crippen LogP contribution < -0.4 is 18.9 Å².